The van der Waals surface area contributed by atoms with Gasteiger partial charge < -0.3 is 9.64 Å². The van der Waals surface area contributed by atoms with Gasteiger partial charge in [0.25, 0.3) is 0 Å². The number of benzene rings is 1. The third-order valence-corrected chi connectivity index (χ3v) is 3.68. The molecule has 1 aromatic rings. The predicted octanol–water partition coefficient (Wildman–Crippen LogP) is 3.09. The first-order valence-electron chi connectivity index (χ1n) is 5.67. The molecule has 2 unspecified atom stereocenters. The van der Waals surface area contributed by atoms with Crippen LogP contribution in [0, 0.1) is 17.2 Å². The van der Waals surface area contributed by atoms with Gasteiger partial charge in [-0.2, -0.15) is 5.26 Å². The number of methoxy groups -OCH3 is 1. The van der Waals surface area contributed by atoms with Crippen molar-refractivity contribution in [1.82, 2.24) is 0 Å². The fourth-order valence-electron chi connectivity index (χ4n) is 2.31. The maximum Gasteiger partial charge on any atom is 0.137 e. The highest BCUT2D eigenvalue weighted by molar-refractivity contribution is 6.32. The predicted molar refractivity (Wildman–Crippen MR) is 68.5 cm³/mol. The van der Waals surface area contributed by atoms with Crippen molar-refractivity contribution < 1.29 is 4.74 Å². The van der Waals surface area contributed by atoms with E-state index < -0.39 is 0 Å². The summed E-state index contributed by atoms with van der Waals surface area (Å²) in [6.07, 6.45) is 0.918. The average Bonchev–Trinajstić information content (AvgIpc) is 2.70. The number of nitriles is 1. The summed E-state index contributed by atoms with van der Waals surface area (Å²) >= 11 is 6.11. The molecule has 4 heteroatoms. The van der Waals surface area contributed by atoms with E-state index in [-0.39, 0.29) is 12.0 Å². The summed E-state index contributed by atoms with van der Waals surface area (Å²) in [6, 6.07) is 8.34. The second-order valence-electron chi connectivity index (χ2n) is 4.28. The van der Waals surface area contributed by atoms with Crippen LogP contribution in [0.5, 0.6) is 5.75 Å². The van der Waals surface area contributed by atoms with Gasteiger partial charge in [-0.15, -0.1) is 0 Å². The molecule has 1 heterocycles. The van der Waals surface area contributed by atoms with Crippen LogP contribution in [0.3, 0.4) is 0 Å². The first-order valence-corrected chi connectivity index (χ1v) is 6.05. The van der Waals surface area contributed by atoms with Crippen LogP contribution >= 0.6 is 11.6 Å². The smallest absolute Gasteiger partial charge is 0.137 e. The van der Waals surface area contributed by atoms with Crippen LogP contribution in [-0.4, -0.2) is 19.7 Å². The van der Waals surface area contributed by atoms with Gasteiger partial charge in [0.05, 0.1) is 24.1 Å². The van der Waals surface area contributed by atoms with Crippen molar-refractivity contribution >= 4 is 17.3 Å². The van der Waals surface area contributed by atoms with E-state index in [2.05, 4.69) is 17.9 Å². The molecule has 0 aromatic heterocycles. The van der Waals surface area contributed by atoms with Crippen molar-refractivity contribution in [2.24, 2.45) is 5.92 Å². The molecular formula is C13H15ClN2O. The summed E-state index contributed by atoms with van der Waals surface area (Å²) in [5.41, 5.74) is 1.06. The van der Waals surface area contributed by atoms with Crippen molar-refractivity contribution in [2.45, 2.75) is 19.4 Å². The largest absolute Gasteiger partial charge is 0.495 e. The van der Waals surface area contributed by atoms with Crippen LogP contribution in [0.1, 0.15) is 13.3 Å². The van der Waals surface area contributed by atoms with Gasteiger partial charge in [0, 0.05) is 18.3 Å². The lowest BCUT2D eigenvalue weighted by molar-refractivity contribution is 0.415. The average molecular weight is 251 g/mol. The van der Waals surface area contributed by atoms with Gasteiger partial charge >= 0.3 is 0 Å². The lowest BCUT2D eigenvalue weighted by atomic mass is 10.0. The van der Waals surface area contributed by atoms with Crippen molar-refractivity contribution in [3.8, 4) is 11.8 Å². The van der Waals surface area contributed by atoms with E-state index in [1.807, 2.05) is 18.2 Å². The fraction of sp³-hybridized carbons (Fsp3) is 0.462. The molecule has 0 saturated carbocycles. The van der Waals surface area contributed by atoms with Gasteiger partial charge in [-0.05, 0) is 31.5 Å². The van der Waals surface area contributed by atoms with E-state index in [9.17, 15) is 0 Å². The second kappa shape index (κ2) is 4.85. The minimum atomic E-state index is 0.107. The number of rotatable bonds is 2. The van der Waals surface area contributed by atoms with Gasteiger partial charge in [0.1, 0.15) is 5.75 Å². The van der Waals surface area contributed by atoms with E-state index in [0.717, 1.165) is 18.7 Å². The van der Waals surface area contributed by atoms with Gasteiger partial charge in [-0.3, -0.25) is 0 Å². The quantitative estimate of drug-likeness (QED) is 0.809. The minimum Gasteiger partial charge on any atom is -0.495 e. The van der Waals surface area contributed by atoms with Gasteiger partial charge in [-0.1, -0.05) is 11.6 Å². The zero-order chi connectivity index (χ0) is 12.4. The summed E-state index contributed by atoms with van der Waals surface area (Å²) in [7, 11) is 1.60. The highest BCUT2D eigenvalue weighted by atomic mass is 35.5. The van der Waals surface area contributed by atoms with Crippen LogP contribution in [0.15, 0.2) is 18.2 Å². The molecule has 3 nitrogen and oxygen atoms in total. The molecule has 17 heavy (non-hydrogen) atoms. The molecule has 0 aliphatic carbocycles. The topological polar surface area (TPSA) is 36.3 Å². The SMILES string of the molecule is COc1ccc(N2CCC(C#N)C2C)cc1Cl. The number of hydrogen-bond donors (Lipinski definition) is 0. The lowest BCUT2D eigenvalue weighted by Crippen LogP contribution is -2.29. The summed E-state index contributed by atoms with van der Waals surface area (Å²) < 4.78 is 5.13. The standard InChI is InChI=1S/C13H15ClN2O/c1-9-10(8-15)5-6-16(9)11-3-4-13(17-2)12(14)7-11/h3-4,7,9-10H,5-6H2,1-2H3. The molecule has 0 spiro atoms. The van der Waals surface area contributed by atoms with E-state index in [4.69, 9.17) is 21.6 Å². The molecular weight excluding hydrogens is 236 g/mol. The van der Waals surface area contributed by atoms with Crippen molar-refractivity contribution in [3.63, 3.8) is 0 Å². The van der Waals surface area contributed by atoms with E-state index >= 15 is 0 Å². The highest BCUT2D eigenvalue weighted by Crippen LogP contribution is 2.34. The Kier molecular flexibility index (Phi) is 3.44. The maximum absolute atomic E-state index is 9.02. The molecule has 1 saturated heterocycles. The third kappa shape index (κ3) is 2.18. The molecule has 2 atom stereocenters. The molecule has 0 N–H and O–H groups in total. The molecule has 0 bridgehead atoms. The second-order valence-corrected chi connectivity index (χ2v) is 4.68. The van der Waals surface area contributed by atoms with E-state index in [1.165, 1.54) is 0 Å². The van der Waals surface area contributed by atoms with Crippen LogP contribution in [0.25, 0.3) is 0 Å². The number of halogens is 1. The summed E-state index contributed by atoms with van der Waals surface area (Å²) in [4.78, 5) is 2.22. The normalized spacial score (nSPS) is 23.5. The Bertz CT molecular complexity index is 455. The molecule has 2 rings (SSSR count). The number of anilines is 1. The molecule has 1 aliphatic heterocycles. The molecule has 1 aromatic carbocycles. The van der Waals surface area contributed by atoms with Crippen molar-refractivity contribution in [1.29, 1.82) is 5.26 Å². The summed E-state index contributed by atoms with van der Waals surface area (Å²) in [5.74, 6) is 0.787. The third-order valence-electron chi connectivity index (χ3n) is 3.39. The van der Waals surface area contributed by atoms with Gasteiger partial charge in [0.2, 0.25) is 0 Å². The zero-order valence-electron chi connectivity index (χ0n) is 9.98. The summed E-state index contributed by atoms with van der Waals surface area (Å²) in [5, 5.41) is 9.62. The Labute approximate surface area is 107 Å². The number of ether oxygens (including phenoxy) is 1. The van der Waals surface area contributed by atoms with E-state index in [0.29, 0.717) is 10.8 Å². The fourth-order valence-corrected chi connectivity index (χ4v) is 2.56. The number of hydrogen-bond acceptors (Lipinski definition) is 3. The van der Waals surface area contributed by atoms with Crippen molar-refractivity contribution in [2.75, 3.05) is 18.6 Å². The Morgan fingerprint density at radius 1 is 1.53 bits per heavy atom. The molecule has 0 amide bonds. The highest BCUT2D eigenvalue weighted by Gasteiger charge is 2.30. The number of nitrogens with zero attached hydrogens (tertiary/aromatic N) is 2. The molecule has 1 aliphatic rings. The minimum absolute atomic E-state index is 0.107. The van der Waals surface area contributed by atoms with Gasteiger partial charge in [-0.25, -0.2) is 0 Å². The maximum atomic E-state index is 9.02. The Balaban J connectivity index is 2.24. The molecule has 90 valence electrons. The van der Waals surface area contributed by atoms with Crippen LogP contribution in [0.2, 0.25) is 5.02 Å². The molecule has 1 fully saturated rings. The Morgan fingerprint density at radius 2 is 2.29 bits per heavy atom. The van der Waals surface area contributed by atoms with Crippen LogP contribution in [-0.2, 0) is 0 Å². The first-order chi connectivity index (χ1) is 8.17. The Hall–Kier alpha value is -1.40. The monoisotopic (exact) mass is 250 g/mol. The first kappa shape index (κ1) is 12.1. The van der Waals surface area contributed by atoms with Crippen LogP contribution < -0.4 is 9.64 Å². The molecule has 0 radical (unpaired) electrons. The lowest BCUT2D eigenvalue weighted by Gasteiger charge is -2.25. The Morgan fingerprint density at radius 3 is 2.82 bits per heavy atom. The van der Waals surface area contributed by atoms with Crippen molar-refractivity contribution in [3.05, 3.63) is 23.2 Å². The summed E-state index contributed by atoms with van der Waals surface area (Å²) in [6.45, 7) is 2.99. The van der Waals surface area contributed by atoms with Gasteiger partial charge in [0.15, 0.2) is 0 Å². The zero-order valence-corrected chi connectivity index (χ0v) is 10.7. The van der Waals surface area contributed by atoms with Crippen LogP contribution in [0.4, 0.5) is 5.69 Å². The van der Waals surface area contributed by atoms with E-state index in [1.54, 1.807) is 7.11 Å².